The number of carboxylic acids is 2. The average molecular weight is 754 g/mol. The summed E-state index contributed by atoms with van der Waals surface area (Å²) in [5.41, 5.74) is -2.17. The molecule has 53 heavy (non-hydrogen) atoms. The van der Waals surface area contributed by atoms with E-state index in [1.54, 1.807) is 0 Å². The quantitative estimate of drug-likeness (QED) is 0.0700. The van der Waals surface area contributed by atoms with Gasteiger partial charge in [-0.1, -0.05) is 104 Å². The van der Waals surface area contributed by atoms with Crippen LogP contribution >= 0.6 is 0 Å². The maximum atomic E-state index is 14.2. The number of hydrogen-bond donors (Lipinski definition) is 3. The van der Waals surface area contributed by atoms with Crippen LogP contribution in [0, 0.1) is 17.3 Å². The monoisotopic (exact) mass is 754 g/mol. The molecule has 2 heterocycles. The Hall–Kier alpha value is -1.26. The van der Waals surface area contributed by atoms with Gasteiger partial charge in [0.2, 0.25) is 0 Å². The van der Waals surface area contributed by atoms with Gasteiger partial charge in [-0.3, -0.25) is 19.3 Å². The molecule has 9 nitrogen and oxygen atoms in total. The summed E-state index contributed by atoms with van der Waals surface area (Å²) in [7, 11) is 0. The third kappa shape index (κ3) is 15.0. The second-order valence-corrected chi connectivity index (χ2v) is 19.3. The van der Waals surface area contributed by atoms with Crippen molar-refractivity contribution in [2.24, 2.45) is 17.3 Å². The maximum Gasteiger partial charge on any atom is 0.310 e. The lowest BCUT2D eigenvalue weighted by atomic mass is 9.52. The number of carboxylic acid groups (broad SMARTS) is 2. The van der Waals surface area contributed by atoms with Crippen molar-refractivity contribution < 1.29 is 29.5 Å². The van der Waals surface area contributed by atoms with E-state index in [0.29, 0.717) is 26.1 Å². The third-order valence-electron chi connectivity index (χ3n) is 12.5. The van der Waals surface area contributed by atoms with E-state index in [1.165, 1.54) is 64.2 Å². The van der Waals surface area contributed by atoms with Crippen LogP contribution in [0.2, 0.25) is 0 Å². The largest absolute Gasteiger partial charge is 0.481 e. The molecule has 0 aromatic heterocycles. The summed E-state index contributed by atoms with van der Waals surface area (Å²) in [5, 5.41) is 25.2. The molecule has 2 rings (SSSR count). The highest BCUT2D eigenvalue weighted by Gasteiger charge is 2.61. The molecule has 0 unspecified atom stereocenters. The first-order valence-corrected chi connectivity index (χ1v) is 21.7. The first-order chi connectivity index (χ1) is 24.4. The molecule has 5 N–H and O–H groups in total. The standard InChI is InChI=1S/C44H84N2O6.H3N/c1-11-13-15-17-22-26-30-51-45-40(3,4)32-36(33-41(45,5)6)44(39(49)50,29-25-21-19-20-24-28-38(47)48)37-34-42(7,8)46(43(9,10)35-37)52-31-27-23-18-16-14-12-2;/h36-37H,11-35H2,1-10H3,(H,47,48)(H,49,50);1H3. The Morgan fingerprint density at radius 1 is 0.547 bits per heavy atom. The lowest BCUT2D eigenvalue weighted by Crippen LogP contribution is -2.67. The van der Waals surface area contributed by atoms with Crippen molar-refractivity contribution in [3.63, 3.8) is 0 Å². The summed E-state index contributed by atoms with van der Waals surface area (Å²) in [6.07, 6.45) is 22.8. The number of rotatable bonds is 27. The fourth-order valence-corrected chi connectivity index (χ4v) is 10.5. The topological polar surface area (TPSA) is 135 Å². The Balaban J connectivity index is 0.0000140. The molecule has 0 saturated carbocycles. The summed E-state index contributed by atoms with van der Waals surface area (Å²) in [6, 6.07) is 0. The second kappa shape index (κ2) is 23.1. The van der Waals surface area contributed by atoms with Crippen LogP contribution in [0.5, 0.6) is 0 Å². The predicted octanol–water partition coefficient (Wildman–Crippen LogP) is 12.2. The highest BCUT2D eigenvalue weighted by molar-refractivity contribution is 5.76. The average Bonchev–Trinajstić information content (AvgIpc) is 3.02. The van der Waals surface area contributed by atoms with Gasteiger partial charge in [-0.05, 0) is 119 Å². The van der Waals surface area contributed by atoms with Gasteiger partial charge >= 0.3 is 11.9 Å². The van der Waals surface area contributed by atoms with Crippen LogP contribution in [0.4, 0.5) is 0 Å². The molecule has 0 atom stereocenters. The Bertz CT molecular complexity index is 950. The molecule has 0 aromatic carbocycles. The van der Waals surface area contributed by atoms with E-state index in [-0.39, 0.29) is 46.6 Å². The number of nitrogens with zero attached hydrogens (tertiary/aromatic N) is 2. The Morgan fingerprint density at radius 3 is 1.21 bits per heavy atom. The highest BCUT2D eigenvalue weighted by atomic mass is 16.7. The molecule has 0 bridgehead atoms. The molecule has 2 fully saturated rings. The van der Waals surface area contributed by atoms with Crippen LogP contribution in [0.3, 0.4) is 0 Å². The van der Waals surface area contributed by atoms with Crippen molar-refractivity contribution in [2.45, 2.75) is 239 Å². The Labute approximate surface area is 326 Å². The first kappa shape index (κ1) is 49.8. The number of aliphatic carboxylic acids is 2. The fraction of sp³-hybridized carbons (Fsp3) is 0.955. The van der Waals surface area contributed by atoms with Crippen molar-refractivity contribution in [3.8, 4) is 0 Å². The van der Waals surface area contributed by atoms with E-state index in [2.05, 4.69) is 79.4 Å². The van der Waals surface area contributed by atoms with Crippen LogP contribution in [0.15, 0.2) is 0 Å². The summed E-state index contributed by atoms with van der Waals surface area (Å²) < 4.78 is 0. The van der Waals surface area contributed by atoms with Gasteiger partial charge in [-0.2, -0.15) is 10.1 Å². The van der Waals surface area contributed by atoms with E-state index in [4.69, 9.17) is 14.8 Å². The molecule has 2 aliphatic rings. The Morgan fingerprint density at radius 2 is 0.868 bits per heavy atom. The smallest absolute Gasteiger partial charge is 0.310 e. The van der Waals surface area contributed by atoms with Crippen molar-refractivity contribution in [1.29, 1.82) is 0 Å². The van der Waals surface area contributed by atoms with Crippen molar-refractivity contribution in [2.75, 3.05) is 13.2 Å². The van der Waals surface area contributed by atoms with Gasteiger partial charge in [-0.15, -0.1) is 0 Å². The zero-order chi connectivity index (χ0) is 39.1. The van der Waals surface area contributed by atoms with Crippen LogP contribution < -0.4 is 6.15 Å². The summed E-state index contributed by atoms with van der Waals surface area (Å²) in [5.74, 6) is -1.41. The van der Waals surface area contributed by atoms with Gasteiger partial charge in [0, 0.05) is 28.6 Å². The van der Waals surface area contributed by atoms with Crippen LogP contribution in [-0.2, 0) is 19.3 Å². The minimum absolute atomic E-state index is 0. The van der Waals surface area contributed by atoms with Gasteiger partial charge in [0.1, 0.15) is 0 Å². The van der Waals surface area contributed by atoms with Gasteiger partial charge < -0.3 is 16.4 Å². The zero-order valence-electron chi connectivity index (χ0n) is 36.5. The molecule has 0 aliphatic carbocycles. The summed E-state index contributed by atoms with van der Waals surface area (Å²) in [6.45, 7) is 23.9. The predicted molar refractivity (Wildman–Crippen MR) is 219 cm³/mol. The molecule has 0 amide bonds. The zero-order valence-corrected chi connectivity index (χ0v) is 36.5. The summed E-state index contributed by atoms with van der Waals surface area (Å²) >= 11 is 0. The normalized spacial score (nSPS) is 20.6. The number of hydrogen-bond acceptors (Lipinski definition) is 7. The second-order valence-electron chi connectivity index (χ2n) is 19.3. The first-order valence-electron chi connectivity index (χ1n) is 21.7. The highest BCUT2D eigenvalue weighted by Crippen LogP contribution is 2.58. The number of piperidine rings is 2. The third-order valence-corrected chi connectivity index (χ3v) is 12.5. The molecule has 9 heteroatoms. The van der Waals surface area contributed by atoms with Gasteiger partial charge in [0.15, 0.2) is 0 Å². The van der Waals surface area contributed by atoms with E-state index in [0.717, 1.165) is 64.2 Å². The number of hydroxylamine groups is 4. The van der Waals surface area contributed by atoms with Crippen LogP contribution in [-0.4, -0.2) is 67.6 Å². The minimum atomic E-state index is -0.888. The van der Waals surface area contributed by atoms with E-state index in [1.807, 2.05) is 0 Å². The maximum absolute atomic E-state index is 14.2. The molecular weight excluding hydrogens is 666 g/mol. The van der Waals surface area contributed by atoms with Gasteiger partial charge in [0.25, 0.3) is 0 Å². The van der Waals surface area contributed by atoms with Gasteiger partial charge in [-0.25, -0.2) is 0 Å². The van der Waals surface area contributed by atoms with E-state index >= 15 is 0 Å². The Kier molecular flexibility index (Phi) is 21.7. The lowest BCUT2D eigenvalue weighted by molar-refractivity contribution is -0.307. The van der Waals surface area contributed by atoms with Crippen LogP contribution in [0.25, 0.3) is 0 Å². The van der Waals surface area contributed by atoms with Crippen molar-refractivity contribution >= 4 is 11.9 Å². The molecule has 0 aromatic rings. The lowest BCUT2D eigenvalue weighted by Gasteiger charge is -2.61. The molecule has 0 spiro atoms. The SMILES string of the molecule is CCCCCCCCON1C(C)(C)CC(C(CCCCCCCC(=O)O)(C(=O)O)C2CC(C)(C)N(OCCCCCCCC)C(C)(C)C2)CC1(C)C.N. The molecule has 314 valence electrons. The summed E-state index contributed by atoms with van der Waals surface area (Å²) in [4.78, 5) is 38.4. The van der Waals surface area contributed by atoms with Gasteiger partial charge in [0.05, 0.1) is 18.6 Å². The number of carbonyl (C=O) groups is 2. The van der Waals surface area contributed by atoms with Crippen molar-refractivity contribution in [1.82, 2.24) is 16.3 Å². The van der Waals surface area contributed by atoms with Crippen molar-refractivity contribution in [3.05, 3.63) is 0 Å². The van der Waals surface area contributed by atoms with Crippen LogP contribution in [0.1, 0.15) is 217 Å². The van der Waals surface area contributed by atoms with E-state index < -0.39 is 17.4 Å². The molecule has 2 saturated heterocycles. The number of unbranched alkanes of at least 4 members (excludes halogenated alkanes) is 14. The minimum Gasteiger partial charge on any atom is -0.481 e. The molecule has 0 radical (unpaired) electrons. The molecular formula is C44H87N3O6. The van der Waals surface area contributed by atoms with E-state index in [9.17, 15) is 14.7 Å². The fourth-order valence-electron chi connectivity index (χ4n) is 10.5. The molecule has 2 aliphatic heterocycles.